The van der Waals surface area contributed by atoms with Gasteiger partial charge in [-0.05, 0) is 6.42 Å². The second-order valence-corrected chi connectivity index (χ2v) is 5.67. The monoisotopic (exact) mass is 320 g/mol. The lowest BCUT2D eigenvalue weighted by Gasteiger charge is -2.32. The summed E-state index contributed by atoms with van der Waals surface area (Å²) in [5.74, 6) is 1.06. The van der Waals surface area contributed by atoms with Crippen LogP contribution in [-0.2, 0) is 4.74 Å². The summed E-state index contributed by atoms with van der Waals surface area (Å²) in [5, 5.41) is 11.8. The van der Waals surface area contributed by atoms with Gasteiger partial charge in [-0.1, -0.05) is 19.0 Å². The Balaban J connectivity index is 1.82. The van der Waals surface area contributed by atoms with Crippen molar-refractivity contribution in [2.75, 3.05) is 19.8 Å². The van der Waals surface area contributed by atoms with Crippen LogP contribution in [0.3, 0.4) is 0 Å². The van der Waals surface area contributed by atoms with E-state index in [-0.39, 0.29) is 17.6 Å². The smallest absolute Gasteiger partial charge is 0.293 e. The van der Waals surface area contributed by atoms with Crippen molar-refractivity contribution in [3.63, 3.8) is 0 Å². The molecule has 2 aromatic heterocycles. The molecule has 0 aromatic carbocycles. The largest absolute Gasteiger partial charge is 0.423 e. The van der Waals surface area contributed by atoms with Crippen molar-refractivity contribution < 1.29 is 18.5 Å². The Kier molecular flexibility index (Phi) is 4.42. The predicted octanol–water partition coefficient (Wildman–Crippen LogP) is 2.09. The first-order valence-electron chi connectivity index (χ1n) is 7.75. The van der Waals surface area contributed by atoms with Crippen LogP contribution >= 0.6 is 0 Å². The number of nitrogens with zero attached hydrogens (tertiary/aromatic N) is 4. The van der Waals surface area contributed by atoms with E-state index >= 15 is 0 Å². The van der Waals surface area contributed by atoms with Crippen molar-refractivity contribution in [1.29, 1.82) is 0 Å². The molecular formula is C15H20N4O4. The molecular weight excluding hydrogens is 300 g/mol. The topological polar surface area (TPSA) is 94.5 Å². The molecule has 23 heavy (non-hydrogen) atoms. The summed E-state index contributed by atoms with van der Waals surface area (Å²) in [4.78, 5) is 14.4. The lowest BCUT2D eigenvalue weighted by Crippen LogP contribution is -2.43. The van der Waals surface area contributed by atoms with Gasteiger partial charge in [0.1, 0.15) is 6.04 Å². The maximum absolute atomic E-state index is 12.8. The Morgan fingerprint density at radius 2 is 2.30 bits per heavy atom. The molecule has 8 nitrogen and oxygen atoms in total. The van der Waals surface area contributed by atoms with Crippen molar-refractivity contribution in [3.05, 3.63) is 29.3 Å². The van der Waals surface area contributed by atoms with E-state index in [2.05, 4.69) is 22.3 Å². The summed E-state index contributed by atoms with van der Waals surface area (Å²) in [5.41, 5.74) is 0.786. The Hall–Kier alpha value is -2.22. The molecule has 0 unspecified atom stereocenters. The lowest BCUT2D eigenvalue weighted by molar-refractivity contribution is -0.0124. The summed E-state index contributed by atoms with van der Waals surface area (Å²) in [6, 6.07) is 1.30. The van der Waals surface area contributed by atoms with E-state index in [9.17, 15) is 4.79 Å². The van der Waals surface area contributed by atoms with E-state index < -0.39 is 6.04 Å². The van der Waals surface area contributed by atoms with Crippen LogP contribution in [-0.4, -0.2) is 45.9 Å². The first kappa shape index (κ1) is 15.7. The van der Waals surface area contributed by atoms with Crippen LogP contribution in [0.15, 0.2) is 15.0 Å². The molecule has 3 heterocycles. The van der Waals surface area contributed by atoms with Gasteiger partial charge in [-0.15, -0.1) is 10.2 Å². The van der Waals surface area contributed by atoms with Crippen molar-refractivity contribution in [2.24, 2.45) is 0 Å². The van der Waals surface area contributed by atoms with Gasteiger partial charge in [0.25, 0.3) is 5.91 Å². The fourth-order valence-electron chi connectivity index (χ4n) is 2.47. The average Bonchev–Trinajstić information content (AvgIpc) is 3.22. The Morgan fingerprint density at radius 3 is 3.00 bits per heavy atom. The van der Waals surface area contributed by atoms with Gasteiger partial charge in [-0.25, -0.2) is 0 Å². The SMILES string of the molecule is CC[C@@H](C)c1cc(C(=O)N2CCOC[C@H]2c2nnc(C)o2)on1. The number of carbonyl (C=O) groups excluding carboxylic acids is 1. The van der Waals surface area contributed by atoms with Crippen LogP contribution in [0.5, 0.6) is 0 Å². The van der Waals surface area contributed by atoms with Crippen molar-refractivity contribution in [1.82, 2.24) is 20.3 Å². The molecule has 0 aliphatic carbocycles. The van der Waals surface area contributed by atoms with Gasteiger partial charge in [0.05, 0.1) is 18.9 Å². The highest BCUT2D eigenvalue weighted by Crippen LogP contribution is 2.26. The zero-order chi connectivity index (χ0) is 16.4. The summed E-state index contributed by atoms with van der Waals surface area (Å²) in [7, 11) is 0. The quantitative estimate of drug-likeness (QED) is 0.851. The lowest BCUT2D eigenvalue weighted by atomic mass is 10.1. The molecule has 2 aromatic rings. The van der Waals surface area contributed by atoms with Gasteiger partial charge in [0.2, 0.25) is 17.5 Å². The first-order chi connectivity index (χ1) is 11.1. The number of amides is 1. The molecule has 8 heteroatoms. The minimum atomic E-state index is -0.408. The Labute approximate surface area is 133 Å². The first-order valence-corrected chi connectivity index (χ1v) is 7.75. The summed E-state index contributed by atoms with van der Waals surface area (Å²) in [6.45, 7) is 7.04. The van der Waals surface area contributed by atoms with E-state index in [4.69, 9.17) is 13.7 Å². The summed E-state index contributed by atoms with van der Waals surface area (Å²) < 4.78 is 16.2. The number of ether oxygens (including phenoxy) is 1. The van der Waals surface area contributed by atoms with Crippen LogP contribution in [0.4, 0.5) is 0 Å². The number of carbonyl (C=O) groups is 1. The second-order valence-electron chi connectivity index (χ2n) is 5.67. The predicted molar refractivity (Wildman–Crippen MR) is 78.8 cm³/mol. The second kappa shape index (κ2) is 6.49. The third-order valence-corrected chi connectivity index (χ3v) is 4.07. The van der Waals surface area contributed by atoms with E-state index in [1.807, 2.05) is 6.92 Å². The van der Waals surface area contributed by atoms with E-state index in [0.717, 1.165) is 12.1 Å². The molecule has 0 saturated carbocycles. The normalized spacial score (nSPS) is 19.8. The third kappa shape index (κ3) is 3.12. The van der Waals surface area contributed by atoms with E-state index in [0.29, 0.717) is 31.5 Å². The van der Waals surface area contributed by atoms with E-state index in [1.54, 1.807) is 17.9 Å². The molecule has 124 valence electrons. The standard InChI is InChI=1S/C15H20N4O4/c1-4-9(2)11-7-13(23-18-11)15(20)19-5-6-21-8-12(19)14-17-16-10(3)22-14/h7,9,12H,4-6,8H2,1-3H3/t9-,12+/m1/s1. The average molecular weight is 320 g/mol. The number of aryl methyl sites for hydroxylation is 1. The van der Waals surface area contributed by atoms with Crippen LogP contribution < -0.4 is 0 Å². The minimum absolute atomic E-state index is 0.225. The van der Waals surface area contributed by atoms with Gasteiger partial charge in [0.15, 0.2) is 0 Å². The number of hydrogen-bond acceptors (Lipinski definition) is 7. The van der Waals surface area contributed by atoms with Gasteiger partial charge in [0, 0.05) is 25.5 Å². The Morgan fingerprint density at radius 1 is 1.48 bits per heavy atom. The van der Waals surface area contributed by atoms with Gasteiger partial charge in [-0.3, -0.25) is 4.79 Å². The molecule has 0 bridgehead atoms. The maximum Gasteiger partial charge on any atom is 0.293 e. The zero-order valence-electron chi connectivity index (χ0n) is 13.5. The number of hydrogen-bond donors (Lipinski definition) is 0. The van der Waals surface area contributed by atoms with Crippen molar-refractivity contribution in [3.8, 4) is 0 Å². The Bertz CT molecular complexity index is 681. The molecule has 1 amide bonds. The van der Waals surface area contributed by atoms with E-state index in [1.165, 1.54) is 0 Å². The fraction of sp³-hybridized carbons (Fsp3) is 0.600. The molecule has 3 rings (SSSR count). The highest BCUT2D eigenvalue weighted by molar-refractivity contribution is 5.91. The maximum atomic E-state index is 12.8. The van der Waals surface area contributed by atoms with Crippen molar-refractivity contribution >= 4 is 5.91 Å². The molecule has 0 N–H and O–H groups in total. The highest BCUT2D eigenvalue weighted by Gasteiger charge is 2.34. The molecule has 0 radical (unpaired) electrons. The molecule has 1 fully saturated rings. The van der Waals surface area contributed by atoms with Crippen LogP contribution in [0.25, 0.3) is 0 Å². The highest BCUT2D eigenvalue weighted by atomic mass is 16.5. The van der Waals surface area contributed by atoms with Gasteiger partial charge >= 0.3 is 0 Å². The molecule has 1 aliphatic heterocycles. The minimum Gasteiger partial charge on any atom is -0.423 e. The van der Waals surface area contributed by atoms with Crippen LogP contribution in [0.2, 0.25) is 0 Å². The zero-order valence-corrected chi connectivity index (χ0v) is 13.5. The molecule has 1 aliphatic rings. The summed E-state index contributed by atoms with van der Waals surface area (Å²) >= 11 is 0. The van der Waals surface area contributed by atoms with Crippen LogP contribution in [0.1, 0.15) is 60.3 Å². The molecule has 0 spiro atoms. The number of aromatic nitrogens is 3. The van der Waals surface area contributed by atoms with Gasteiger partial charge in [-0.2, -0.15) is 0 Å². The third-order valence-electron chi connectivity index (χ3n) is 4.07. The molecule has 1 saturated heterocycles. The number of morpholine rings is 1. The molecule has 2 atom stereocenters. The summed E-state index contributed by atoms with van der Waals surface area (Å²) in [6.07, 6.45) is 0.932. The van der Waals surface area contributed by atoms with Crippen molar-refractivity contribution in [2.45, 2.75) is 39.2 Å². The number of rotatable bonds is 4. The fourth-order valence-corrected chi connectivity index (χ4v) is 2.47. The van der Waals surface area contributed by atoms with Crippen LogP contribution in [0, 0.1) is 6.92 Å². The van der Waals surface area contributed by atoms with Gasteiger partial charge < -0.3 is 18.6 Å².